The third-order valence-corrected chi connectivity index (χ3v) is 6.20. The van der Waals surface area contributed by atoms with Crippen molar-refractivity contribution in [3.05, 3.63) is 58.1 Å². The Morgan fingerprint density at radius 3 is 2.52 bits per heavy atom. The molecule has 2 aromatic carbocycles. The van der Waals surface area contributed by atoms with Crippen LogP contribution in [-0.4, -0.2) is 38.5 Å². The predicted octanol–water partition coefficient (Wildman–Crippen LogP) is 5.63. The molecule has 4 heteroatoms. The van der Waals surface area contributed by atoms with Gasteiger partial charge in [-0.2, -0.15) is 4.58 Å². The van der Waals surface area contributed by atoms with Crippen LogP contribution in [0.1, 0.15) is 31.4 Å². The zero-order valence-corrected chi connectivity index (χ0v) is 18.6. The van der Waals surface area contributed by atoms with Gasteiger partial charge in [-0.15, -0.1) is 0 Å². The lowest BCUT2D eigenvalue weighted by Crippen LogP contribution is -2.29. The van der Waals surface area contributed by atoms with E-state index in [2.05, 4.69) is 94.9 Å². The summed E-state index contributed by atoms with van der Waals surface area (Å²) in [7, 11) is 7.95. The van der Waals surface area contributed by atoms with E-state index < -0.39 is 0 Å². The fourth-order valence-corrected chi connectivity index (χ4v) is 4.19. The van der Waals surface area contributed by atoms with Crippen molar-refractivity contribution in [3.63, 3.8) is 0 Å². The normalized spacial score (nSPS) is 18.9. The van der Waals surface area contributed by atoms with Crippen LogP contribution in [-0.2, 0) is 5.41 Å². The lowest BCUT2D eigenvalue weighted by molar-refractivity contribution is -0.401. The monoisotopic (exact) mass is 427 g/mol. The van der Waals surface area contributed by atoms with Crippen LogP contribution in [0.5, 0.6) is 5.75 Å². The summed E-state index contributed by atoms with van der Waals surface area (Å²) < 4.78 is 9.06. The van der Waals surface area contributed by atoms with E-state index >= 15 is 0 Å². The number of fused-ring (bicyclic) bond motifs is 1. The molecular weight excluding hydrogens is 400 g/mol. The van der Waals surface area contributed by atoms with E-state index in [1.165, 1.54) is 17.0 Å². The molecule has 27 heavy (non-hydrogen) atoms. The number of anilines is 1. The molecular formula is C23H28BrN2O+. The predicted molar refractivity (Wildman–Crippen MR) is 119 cm³/mol. The summed E-state index contributed by atoms with van der Waals surface area (Å²) in [4.78, 5) is 2.08. The molecule has 0 saturated carbocycles. The second kappa shape index (κ2) is 7.51. The number of nitrogens with zero attached hydrogens (tertiary/aromatic N) is 2. The van der Waals surface area contributed by atoms with Crippen molar-refractivity contribution in [2.24, 2.45) is 0 Å². The first-order valence-electron chi connectivity index (χ1n) is 9.26. The SMILES string of the molecule is CCC1(C)C(/C=C/c2ccc(N(C)C)cc2OC)=[N+](C)c2ccc(Br)cc21. The molecule has 0 aromatic heterocycles. The first-order chi connectivity index (χ1) is 12.8. The van der Waals surface area contributed by atoms with Gasteiger partial charge in [0.05, 0.1) is 12.5 Å². The van der Waals surface area contributed by atoms with Crippen molar-refractivity contribution in [2.75, 3.05) is 33.2 Å². The van der Waals surface area contributed by atoms with E-state index in [0.29, 0.717) is 0 Å². The van der Waals surface area contributed by atoms with Gasteiger partial charge in [-0.05, 0) is 43.7 Å². The quantitative estimate of drug-likeness (QED) is 0.574. The highest BCUT2D eigenvalue weighted by Gasteiger charge is 2.45. The van der Waals surface area contributed by atoms with Gasteiger partial charge in [-0.25, -0.2) is 0 Å². The zero-order chi connectivity index (χ0) is 19.8. The van der Waals surface area contributed by atoms with Crippen molar-refractivity contribution in [2.45, 2.75) is 25.7 Å². The molecule has 0 bridgehead atoms. The molecule has 142 valence electrons. The van der Waals surface area contributed by atoms with Crippen LogP contribution < -0.4 is 9.64 Å². The van der Waals surface area contributed by atoms with Crippen LogP contribution in [0.3, 0.4) is 0 Å². The van der Waals surface area contributed by atoms with Crippen molar-refractivity contribution in [1.82, 2.24) is 0 Å². The standard InChI is InChI=1S/C23H28BrN2O/c1-7-23(2)19-14-17(24)10-12-20(19)26(5)22(23)13-9-16-8-11-18(25(3)4)15-21(16)27-6/h8-15H,7H2,1-6H3/q+1. The Morgan fingerprint density at radius 2 is 1.89 bits per heavy atom. The number of hydrogen-bond acceptors (Lipinski definition) is 2. The molecule has 3 rings (SSSR count). The first kappa shape index (κ1) is 19.7. The van der Waals surface area contributed by atoms with Gasteiger partial charge in [0.2, 0.25) is 5.69 Å². The summed E-state index contributed by atoms with van der Waals surface area (Å²) in [6.45, 7) is 4.58. The molecule has 0 N–H and O–H groups in total. The number of halogens is 1. The number of hydrogen-bond donors (Lipinski definition) is 0. The molecule has 1 heterocycles. The van der Waals surface area contributed by atoms with E-state index in [4.69, 9.17) is 4.74 Å². The molecule has 0 aliphatic carbocycles. The minimum Gasteiger partial charge on any atom is -0.496 e. The summed E-state index contributed by atoms with van der Waals surface area (Å²) in [6, 6.07) is 12.9. The van der Waals surface area contributed by atoms with E-state index in [-0.39, 0.29) is 5.41 Å². The van der Waals surface area contributed by atoms with Crippen LogP contribution in [0, 0.1) is 0 Å². The summed E-state index contributed by atoms with van der Waals surface area (Å²) in [5.41, 5.74) is 6.15. The van der Waals surface area contributed by atoms with Crippen LogP contribution >= 0.6 is 15.9 Å². The van der Waals surface area contributed by atoms with Crippen molar-refractivity contribution in [3.8, 4) is 5.75 Å². The fraction of sp³-hybridized carbons (Fsp3) is 0.348. The molecule has 1 unspecified atom stereocenters. The maximum Gasteiger partial charge on any atom is 0.209 e. The Bertz CT molecular complexity index is 930. The number of allylic oxidation sites excluding steroid dienone is 1. The largest absolute Gasteiger partial charge is 0.496 e. The average molecular weight is 428 g/mol. The smallest absolute Gasteiger partial charge is 0.209 e. The molecule has 0 radical (unpaired) electrons. The summed E-state index contributed by atoms with van der Waals surface area (Å²) >= 11 is 3.63. The van der Waals surface area contributed by atoms with E-state index in [1.807, 2.05) is 14.1 Å². The van der Waals surface area contributed by atoms with Gasteiger partial charge in [0.15, 0.2) is 5.71 Å². The van der Waals surface area contributed by atoms with Crippen LogP contribution in [0.15, 0.2) is 46.9 Å². The Labute approximate surface area is 171 Å². The number of methoxy groups -OCH3 is 1. The lowest BCUT2D eigenvalue weighted by atomic mass is 9.77. The minimum atomic E-state index is -0.0127. The van der Waals surface area contributed by atoms with Gasteiger partial charge in [-0.1, -0.05) is 22.9 Å². The zero-order valence-electron chi connectivity index (χ0n) is 17.0. The Morgan fingerprint density at radius 1 is 1.15 bits per heavy atom. The highest BCUT2D eigenvalue weighted by Crippen LogP contribution is 2.43. The highest BCUT2D eigenvalue weighted by atomic mass is 79.9. The lowest BCUT2D eigenvalue weighted by Gasteiger charge is -2.20. The third kappa shape index (κ3) is 3.43. The second-order valence-electron chi connectivity index (χ2n) is 7.45. The molecule has 3 nitrogen and oxygen atoms in total. The number of rotatable bonds is 5. The third-order valence-electron chi connectivity index (χ3n) is 5.70. The van der Waals surface area contributed by atoms with Gasteiger partial charge >= 0.3 is 0 Å². The van der Waals surface area contributed by atoms with Gasteiger partial charge in [0, 0.05) is 53.6 Å². The van der Waals surface area contributed by atoms with Crippen molar-refractivity contribution in [1.29, 1.82) is 0 Å². The second-order valence-corrected chi connectivity index (χ2v) is 8.36. The maximum atomic E-state index is 5.63. The van der Waals surface area contributed by atoms with E-state index in [9.17, 15) is 0 Å². The molecule has 1 aliphatic rings. The van der Waals surface area contributed by atoms with Crippen molar-refractivity contribution < 1.29 is 9.31 Å². The van der Waals surface area contributed by atoms with E-state index in [1.54, 1.807) is 7.11 Å². The van der Waals surface area contributed by atoms with Gasteiger partial charge < -0.3 is 9.64 Å². The Hall–Kier alpha value is -2.07. The molecule has 1 aliphatic heterocycles. The number of benzene rings is 2. The Balaban J connectivity index is 2.04. The summed E-state index contributed by atoms with van der Waals surface area (Å²) in [5, 5.41) is 0. The maximum absolute atomic E-state index is 5.63. The van der Waals surface area contributed by atoms with Crippen LogP contribution in [0.4, 0.5) is 11.4 Å². The molecule has 2 aromatic rings. The average Bonchev–Trinajstić information content (AvgIpc) is 2.87. The van der Waals surface area contributed by atoms with Gasteiger partial charge in [-0.3, -0.25) is 0 Å². The summed E-state index contributed by atoms with van der Waals surface area (Å²) in [6.07, 6.45) is 5.45. The number of ether oxygens (including phenoxy) is 1. The highest BCUT2D eigenvalue weighted by molar-refractivity contribution is 9.10. The fourth-order valence-electron chi connectivity index (χ4n) is 3.83. The molecule has 0 amide bonds. The first-order valence-corrected chi connectivity index (χ1v) is 10.1. The molecule has 0 spiro atoms. The van der Waals surface area contributed by atoms with Gasteiger partial charge in [0.1, 0.15) is 12.8 Å². The molecule has 0 fully saturated rings. The molecule has 1 atom stereocenters. The van der Waals surface area contributed by atoms with E-state index in [0.717, 1.165) is 27.9 Å². The molecule has 0 saturated heterocycles. The van der Waals surface area contributed by atoms with Gasteiger partial charge in [0.25, 0.3) is 0 Å². The van der Waals surface area contributed by atoms with Crippen LogP contribution in [0.2, 0.25) is 0 Å². The van der Waals surface area contributed by atoms with Crippen molar-refractivity contribution >= 4 is 39.1 Å². The topological polar surface area (TPSA) is 15.5 Å². The van der Waals surface area contributed by atoms with Crippen LogP contribution in [0.25, 0.3) is 6.08 Å². The summed E-state index contributed by atoms with van der Waals surface area (Å²) in [5.74, 6) is 0.886. The minimum absolute atomic E-state index is 0.0127. The Kier molecular flexibility index (Phi) is 5.48.